The van der Waals surface area contributed by atoms with Gasteiger partial charge in [-0.15, -0.1) is 24.4 Å². The van der Waals surface area contributed by atoms with Gasteiger partial charge in [-0.2, -0.15) is 13.2 Å². The quantitative estimate of drug-likeness (QED) is 0.444. The summed E-state index contributed by atoms with van der Waals surface area (Å²) in [7, 11) is 0. The molecule has 0 aliphatic heterocycles. The van der Waals surface area contributed by atoms with E-state index in [9.17, 15) is 13.2 Å². The average molecular weight is 329 g/mol. The van der Waals surface area contributed by atoms with Crippen LogP contribution in [-0.4, -0.2) is 12.3 Å². The molecule has 0 unspecified atom stereocenters. The third-order valence-corrected chi connectivity index (χ3v) is 4.03. The minimum Gasteiger partial charge on any atom is -0.384 e. The highest BCUT2D eigenvalue weighted by molar-refractivity contribution is 7.99. The van der Waals surface area contributed by atoms with Gasteiger partial charge in [-0.25, -0.2) is 0 Å². The highest BCUT2D eigenvalue weighted by atomic mass is 32.2. The summed E-state index contributed by atoms with van der Waals surface area (Å²) < 4.78 is 38.8. The molecule has 0 atom stereocenters. The van der Waals surface area contributed by atoms with E-state index in [0.29, 0.717) is 17.2 Å². The molecule has 0 aromatic heterocycles. The molecule has 0 aliphatic carbocycles. The first-order chi connectivity index (χ1) is 9.97. The maximum atomic E-state index is 12.9. The van der Waals surface area contributed by atoms with Crippen LogP contribution in [0.25, 0.3) is 0 Å². The van der Waals surface area contributed by atoms with Crippen molar-refractivity contribution in [3.8, 4) is 0 Å². The second-order valence-corrected chi connectivity index (χ2v) is 6.00. The zero-order valence-corrected chi connectivity index (χ0v) is 12.7. The van der Waals surface area contributed by atoms with Crippen molar-refractivity contribution >= 4 is 30.1 Å². The number of anilines is 1. The van der Waals surface area contributed by atoms with Crippen molar-refractivity contribution in [2.24, 2.45) is 0 Å². The van der Waals surface area contributed by atoms with E-state index >= 15 is 0 Å². The molecule has 21 heavy (non-hydrogen) atoms. The van der Waals surface area contributed by atoms with Crippen LogP contribution in [0.3, 0.4) is 0 Å². The molecule has 6 heteroatoms. The van der Waals surface area contributed by atoms with Crippen LogP contribution in [-0.2, 0) is 6.18 Å². The number of hydrogen-bond donors (Lipinski definition) is 2. The van der Waals surface area contributed by atoms with Crippen molar-refractivity contribution in [3.63, 3.8) is 0 Å². The van der Waals surface area contributed by atoms with E-state index in [1.54, 1.807) is 17.8 Å². The second kappa shape index (κ2) is 7.13. The molecule has 0 saturated heterocycles. The van der Waals surface area contributed by atoms with Crippen LogP contribution in [0.15, 0.2) is 58.3 Å². The number of alkyl halides is 3. The standard InChI is InChI=1S/C15H14F3NS2/c16-15(17,18)13-10-11(20)6-7-14(13)19-8-9-21-12-4-2-1-3-5-12/h1-7,10,19-20H,8-9H2. The van der Waals surface area contributed by atoms with E-state index in [1.807, 2.05) is 30.3 Å². The summed E-state index contributed by atoms with van der Waals surface area (Å²) in [6.07, 6.45) is -4.38. The topological polar surface area (TPSA) is 12.0 Å². The summed E-state index contributed by atoms with van der Waals surface area (Å²) in [4.78, 5) is 1.40. The van der Waals surface area contributed by atoms with Crippen LogP contribution in [0.5, 0.6) is 0 Å². The van der Waals surface area contributed by atoms with Crippen molar-refractivity contribution in [2.75, 3.05) is 17.6 Å². The summed E-state index contributed by atoms with van der Waals surface area (Å²) >= 11 is 5.56. The number of rotatable bonds is 5. The van der Waals surface area contributed by atoms with E-state index in [4.69, 9.17) is 0 Å². The van der Waals surface area contributed by atoms with Gasteiger partial charge in [0.25, 0.3) is 0 Å². The first-order valence-electron chi connectivity index (χ1n) is 6.29. The minimum atomic E-state index is -4.38. The lowest BCUT2D eigenvalue weighted by molar-refractivity contribution is -0.137. The number of benzene rings is 2. The molecule has 0 amide bonds. The molecule has 2 aromatic rings. The van der Waals surface area contributed by atoms with Gasteiger partial charge in [0.15, 0.2) is 0 Å². The van der Waals surface area contributed by atoms with Crippen molar-refractivity contribution in [1.29, 1.82) is 0 Å². The average Bonchev–Trinajstić information content (AvgIpc) is 2.45. The van der Waals surface area contributed by atoms with Crippen molar-refractivity contribution in [3.05, 3.63) is 54.1 Å². The van der Waals surface area contributed by atoms with Crippen LogP contribution < -0.4 is 5.32 Å². The maximum Gasteiger partial charge on any atom is 0.418 e. The third kappa shape index (κ3) is 4.89. The fraction of sp³-hybridized carbons (Fsp3) is 0.200. The van der Waals surface area contributed by atoms with E-state index in [2.05, 4.69) is 17.9 Å². The third-order valence-electron chi connectivity index (χ3n) is 2.74. The zero-order chi connectivity index (χ0) is 15.3. The molecule has 0 bridgehead atoms. The minimum absolute atomic E-state index is 0.0916. The molecule has 2 rings (SSSR count). The van der Waals surface area contributed by atoms with E-state index < -0.39 is 11.7 Å². The Morgan fingerprint density at radius 2 is 1.76 bits per heavy atom. The number of halogens is 3. The molecule has 112 valence electrons. The summed E-state index contributed by atoms with van der Waals surface area (Å²) in [6, 6.07) is 13.7. The largest absolute Gasteiger partial charge is 0.418 e. The van der Waals surface area contributed by atoms with E-state index in [-0.39, 0.29) is 5.69 Å². The zero-order valence-electron chi connectivity index (χ0n) is 11.0. The van der Waals surface area contributed by atoms with E-state index in [1.165, 1.54) is 6.07 Å². The Balaban J connectivity index is 1.94. The fourth-order valence-electron chi connectivity index (χ4n) is 1.79. The summed E-state index contributed by atoms with van der Waals surface area (Å²) in [6.45, 7) is 0.453. The molecule has 1 N–H and O–H groups in total. The van der Waals surface area contributed by atoms with Gasteiger partial charge in [-0.3, -0.25) is 0 Å². The Morgan fingerprint density at radius 3 is 2.43 bits per heavy atom. The van der Waals surface area contributed by atoms with Crippen LogP contribution in [0, 0.1) is 0 Å². The van der Waals surface area contributed by atoms with Gasteiger partial charge in [0, 0.05) is 27.8 Å². The first kappa shape index (κ1) is 16.1. The predicted octanol–water partition coefficient (Wildman–Crippen LogP) is 5.20. The summed E-state index contributed by atoms with van der Waals surface area (Å²) in [5, 5.41) is 2.84. The Bertz CT molecular complexity index is 585. The molecular formula is C15H14F3NS2. The maximum absolute atomic E-state index is 12.9. The van der Waals surface area contributed by atoms with Crippen molar-refractivity contribution in [2.45, 2.75) is 16.0 Å². The van der Waals surface area contributed by atoms with E-state index in [0.717, 1.165) is 11.0 Å². The normalized spacial score (nSPS) is 11.4. The first-order valence-corrected chi connectivity index (χ1v) is 7.72. The molecule has 0 radical (unpaired) electrons. The van der Waals surface area contributed by atoms with Crippen LogP contribution in [0.2, 0.25) is 0 Å². The van der Waals surface area contributed by atoms with Gasteiger partial charge in [0.1, 0.15) is 0 Å². The number of thiol groups is 1. The predicted molar refractivity (Wildman–Crippen MR) is 84.4 cm³/mol. The fourth-order valence-corrected chi connectivity index (χ4v) is 2.79. The smallest absolute Gasteiger partial charge is 0.384 e. The molecule has 0 saturated carbocycles. The van der Waals surface area contributed by atoms with Gasteiger partial charge < -0.3 is 5.32 Å². The molecule has 0 aliphatic rings. The van der Waals surface area contributed by atoms with Crippen LogP contribution in [0.4, 0.5) is 18.9 Å². The van der Waals surface area contributed by atoms with Crippen molar-refractivity contribution < 1.29 is 13.2 Å². The van der Waals surface area contributed by atoms with Gasteiger partial charge in [-0.05, 0) is 30.3 Å². The lowest BCUT2D eigenvalue weighted by Gasteiger charge is -2.15. The molecule has 0 fully saturated rings. The van der Waals surface area contributed by atoms with Gasteiger partial charge in [0.05, 0.1) is 5.56 Å². The van der Waals surface area contributed by atoms with Gasteiger partial charge in [-0.1, -0.05) is 18.2 Å². The summed E-state index contributed by atoms with van der Waals surface area (Å²) in [5.41, 5.74) is -0.589. The Morgan fingerprint density at radius 1 is 1.05 bits per heavy atom. The number of thioether (sulfide) groups is 1. The Labute approximate surface area is 131 Å². The molecule has 0 heterocycles. The molecule has 1 nitrogen and oxygen atoms in total. The SMILES string of the molecule is FC(F)(F)c1cc(S)ccc1NCCSc1ccccc1. The molecule has 0 spiro atoms. The van der Waals surface area contributed by atoms with Gasteiger partial charge in [0.2, 0.25) is 0 Å². The lowest BCUT2D eigenvalue weighted by Crippen LogP contribution is -2.12. The Kier molecular flexibility index (Phi) is 5.47. The Hall–Kier alpha value is -1.27. The molecular weight excluding hydrogens is 315 g/mol. The second-order valence-electron chi connectivity index (χ2n) is 4.32. The monoisotopic (exact) mass is 329 g/mol. The highest BCUT2D eigenvalue weighted by Gasteiger charge is 2.33. The van der Waals surface area contributed by atoms with Crippen LogP contribution >= 0.6 is 24.4 Å². The lowest BCUT2D eigenvalue weighted by atomic mass is 10.1. The number of nitrogens with one attached hydrogen (secondary N) is 1. The van der Waals surface area contributed by atoms with Gasteiger partial charge >= 0.3 is 6.18 Å². The van der Waals surface area contributed by atoms with Crippen molar-refractivity contribution in [1.82, 2.24) is 0 Å². The summed E-state index contributed by atoms with van der Waals surface area (Å²) in [5.74, 6) is 0.684. The highest BCUT2D eigenvalue weighted by Crippen LogP contribution is 2.36. The number of hydrogen-bond acceptors (Lipinski definition) is 3. The molecule has 2 aromatic carbocycles. The van der Waals surface area contributed by atoms with Crippen LogP contribution in [0.1, 0.15) is 5.56 Å².